The van der Waals surface area contributed by atoms with Crippen LogP contribution in [0.15, 0.2) is 0 Å². The molecular weight excluding hydrogens is 1340 g/mol. The van der Waals surface area contributed by atoms with E-state index < -0.39 is 97.5 Å². The first-order chi connectivity index (χ1) is 49.9. The van der Waals surface area contributed by atoms with E-state index in [4.69, 9.17) is 37.0 Å². The van der Waals surface area contributed by atoms with Gasteiger partial charge in [0.05, 0.1) is 26.4 Å². The van der Waals surface area contributed by atoms with E-state index in [-0.39, 0.29) is 25.7 Å². The van der Waals surface area contributed by atoms with Crippen LogP contribution in [0.3, 0.4) is 0 Å². The zero-order valence-electron chi connectivity index (χ0n) is 67.6. The highest BCUT2D eigenvalue weighted by molar-refractivity contribution is 7.47. The Morgan fingerprint density at radius 3 is 0.689 bits per heavy atom. The molecule has 17 nitrogen and oxygen atoms in total. The number of phosphoric ester groups is 2. The second-order valence-electron chi connectivity index (χ2n) is 30.7. The second kappa shape index (κ2) is 75.5. The summed E-state index contributed by atoms with van der Waals surface area (Å²) in [5.41, 5.74) is 0. The van der Waals surface area contributed by atoms with Gasteiger partial charge in [0.1, 0.15) is 19.3 Å². The van der Waals surface area contributed by atoms with Gasteiger partial charge in [0.15, 0.2) is 12.2 Å². The fourth-order valence-corrected chi connectivity index (χ4v) is 14.6. The lowest BCUT2D eigenvalue weighted by Gasteiger charge is -2.21. The summed E-state index contributed by atoms with van der Waals surface area (Å²) < 4.78 is 68.7. The molecule has 0 fully saturated rings. The van der Waals surface area contributed by atoms with Crippen LogP contribution in [-0.2, 0) is 65.4 Å². The summed E-state index contributed by atoms with van der Waals surface area (Å²) in [6.45, 7) is 9.54. The normalized spacial score (nSPS) is 14.4. The summed E-state index contributed by atoms with van der Waals surface area (Å²) in [6, 6.07) is 0. The lowest BCUT2D eigenvalue weighted by molar-refractivity contribution is -0.161. The SMILES string of the molecule is CCCCCCCCCCCCCCCCCCCCCCCCC(=O)O[C@H](COC(=O)CCCCCCCCCCCCCCCCCCCCCCC)COP(=O)(O)OC[C@@H](O)COP(=O)(O)OC[C@@H](COC(=O)CCCCCCCCC(C)CC)OC(=O)CCCCCCCCC(C)CC. The quantitative estimate of drug-likeness (QED) is 0.0222. The third-order valence-electron chi connectivity index (χ3n) is 20.4. The summed E-state index contributed by atoms with van der Waals surface area (Å²) in [4.78, 5) is 73.0. The van der Waals surface area contributed by atoms with Gasteiger partial charge in [-0.05, 0) is 37.5 Å². The molecule has 0 aromatic rings. The third-order valence-corrected chi connectivity index (χ3v) is 22.3. The Balaban J connectivity index is 5.17. The average Bonchev–Trinajstić information content (AvgIpc) is 0.918. The molecule has 0 aromatic heterocycles. The molecule has 4 unspecified atom stereocenters. The molecule has 19 heteroatoms. The van der Waals surface area contributed by atoms with E-state index in [9.17, 15) is 43.2 Å². The molecule has 7 atom stereocenters. The van der Waals surface area contributed by atoms with Crippen molar-refractivity contribution in [3.05, 3.63) is 0 Å². The van der Waals surface area contributed by atoms with E-state index in [2.05, 4.69) is 41.5 Å². The lowest BCUT2D eigenvalue weighted by Crippen LogP contribution is -2.30. The Bertz CT molecular complexity index is 1980. The highest BCUT2D eigenvalue weighted by atomic mass is 31.2. The first-order valence-electron chi connectivity index (χ1n) is 43.6. The van der Waals surface area contributed by atoms with Crippen molar-refractivity contribution < 1.29 is 80.2 Å². The van der Waals surface area contributed by atoms with Gasteiger partial charge in [-0.2, -0.15) is 0 Å². The van der Waals surface area contributed by atoms with Crippen molar-refractivity contribution in [3.8, 4) is 0 Å². The van der Waals surface area contributed by atoms with Gasteiger partial charge in [0, 0.05) is 25.7 Å². The number of hydrogen-bond acceptors (Lipinski definition) is 15. The van der Waals surface area contributed by atoms with E-state index in [1.807, 2.05) is 0 Å². The molecule has 0 amide bonds. The van der Waals surface area contributed by atoms with Gasteiger partial charge in [-0.3, -0.25) is 37.3 Å². The van der Waals surface area contributed by atoms with Gasteiger partial charge in [-0.25, -0.2) is 9.13 Å². The molecule has 0 rings (SSSR count). The minimum absolute atomic E-state index is 0.102. The molecule has 0 aliphatic carbocycles. The number of aliphatic hydroxyl groups is 1. The maximum Gasteiger partial charge on any atom is 0.472 e. The van der Waals surface area contributed by atoms with Crippen LogP contribution in [0.25, 0.3) is 0 Å². The summed E-state index contributed by atoms with van der Waals surface area (Å²) in [5, 5.41) is 10.6. The third kappa shape index (κ3) is 75.3. The van der Waals surface area contributed by atoms with E-state index in [1.54, 1.807) is 0 Å². The number of aliphatic hydroxyl groups excluding tert-OH is 1. The number of unbranched alkanes of at least 4 members (excludes halogenated alkanes) is 51. The number of carbonyl (C=O) groups excluding carboxylic acids is 4. The molecule has 0 bridgehead atoms. The van der Waals surface area contributed by atoms with Crippen molar-refractivity contribution in [3.63, 3.8) is 0 Å². The molecule has 612 valence electrons. The lowest BCUT2D eigenvalue weighted by atomic mass is 10.00. The Morgan fingerprint density at radius 2 is 0.466 bits per heavy atom. The molecule has 3 N–H and O–H groups in total. The van der Waals surface area contributed by atoms with Crippen molar-refractivity contribution in [2.24, 2.45) is 11.8 Å². The van der Waals surface area contributed by atoms with E-state index in [1.165, 1.54) is 257 Å². The average molecular weight is 1510 g/mol. The summed E-state index contributed by atoms with van der Waals surface area (Å²) in [5.74, 6) is -0.662. The number of ether oxygens (including phenoxy) is 4. The largest absolute Gasteiger partial charge is 0.472 e. The molecule has 0 aliphatic heterocycles. The molecule has 0 saturated carbocycles. The van der Waals surface area contributed by atoms with E-state index in [0.717, 1.165) is 108 Å². The van der Waals surface area contributed by atoms with Gasteiger partial charge in [0.25, 0.3) is 0 Å². The highest BCUT2D eigenvalue weighted by Crippen LogP contribution is 2.45. The smallest absolute Gasteiger partial charge is 0.462 e. The first kappa shape index (κ1) is 101. The van der Waals surface area contributed by atoms with Gasteiger partial charge in [0.2, 0.25) is 0 Å². The van der Waals surface area contributed by atoms with Gasteiger partial charge in [-0.15, -0.1) is 0 Å². The maximum absolute atomic E-state index is 13.1. The summed E-state index contributed by atoms with van der Waals surface area (Å²) >= 11 is 0. The minimum Gasteiger partial charge on any atom is -0.462 e. The molecule has 0 heterocycles. The van der Waals surface area contributed by atoms with Gasteiger partial charge >= 0.3 is 39.5 Å². The maximum atomic E-state index is 13.1. The van der Waals surface area contributed by atoms with Crippen molar-refractivity contribution in [1.29, 1.82) is 0 Å². The number of rotatable bonds is 83. The van der Waals surface area contributed by atoms with Crippen LogP contribution in [0.2, 0.25) is 0 Å². The summed E-state index contributed by atoms with van der Waals surface area (Å²) in [7, 11) is -9.92. The second-order valence-corrected chi connectivity index (χ2v) is 33.6. The minimum atomic E-state index is -4.96. The molecule has 0 spiro atoms. The van der Waals surface area contributed by atoms with E-state index >= 15 is 0 Å². The Kier molecular flexibility index (Phi) is 74.1. The standard InChI is InChI=1S/C84H164O17P2/c1-7-11-13-15-17-19-21-23-25-27-29-31-33-35-37-39-41-43-45-47-56-62-68-83(88)100-79(72-94-81(86)66-60-54-46-44-42-40-38-36-34-32-30-28-26-24-22-20-18-16-14-12-8-2)74-98-102(90,91)96-70-78(85)71-97-103(92,93)99-75-80(101-84(89)69-63-57-51-49-53-59-65-77(6)10-4)73-95-82(87)67-61-55-50-48-52-58-64-76(5)9-3/h76-80,85H,7-75H2,1-6H3,(H,90,91)(H,92,93)/t76?,77?,78-,79-,80-/m1/s1. The zero-order valence-corrected chi connectivity index (χ0v) is 69.4. The number of carbonyl (C=O) groups is 4. The van der Waals surface area contributed by atoms with Crippen LogP contribution < -0.4 is 0 Å². The fourth-order valence-electron chi connectivity index (χ4n) is 13.0. The topological polar surface area (TPSA) is 237 Å². The predicted octanol–water partition coefficient (Wildman–Crippen LogP) is 25.5. The molecular formula is C84H164O17P2. The van der Waals surface area contributed by atoms with E-state index in [0.29, 0.717) is 25.7 Å². The number of phosphoric acid groups is 2. The fraction of sp³-hybridized carbons (Fsp3) is 0.952. The van der Waals surface area contributed by atoms with Crippen LogP contribution >= 0.6 is 15.6 Å². The molecule has 0 aromatic carbocycles. The van der Waals surface area contributed by atoms with Crippen molar-refractivity contribution >= 4 is 39.5 Å². The van der Waals surface area contributed by atoms with Crippen LogP contribution in [0.1, 0.15) is 446 Å². The van der Waals surface area contributed by atoms with Crippen molar-refractivity contribution in [2.75, 3.05) is 39.6 Å². The Hall–Kier alpha value is -1.94. The highest BCUT2D eigenvalue weighted by Gasteiger charge is 2.30. The van der Waals surface area contributed by atoms with Crippen LogP contribution in [-0.4, -0.2) is 96.7 Å². The molecule has 0 saturated heterocycles. The van der Waals surface area contributed by atoms with Crippen molar-refractivity contribution in [2.45, 2.75) is 464 Å². The predicted molar refractivity (Wildman–Crippen MR) is 423 cm³/mol. The summed E-state index contributed by atoms with van der Waals surface area (Å²) in [6.07, 6.45) is 67.1. The first-order valence-corrected chi connectivity index (χ1v) is 46.6. The monoisotopic (exact) mass is 1510 g/mol. The van der Waals surface area contributed by atoms with Crippen molar-refractivity contribution in [1.82, 2.24) is 0 Å². The van der Waals surface area contributed by atoms with Gasteiger partial charge in [-0.1, -0.05) is 395 Å². The molecule has 0 aliphatic rings. The van der Waals surface area contributed by atoms with Crippen LogP contribution in [0.5, 0.6) is 0 Å². The van der Waals surface area contributed by atoms with Gasteiger partial charge < -0.3 is 33.8 Å². The number of hydrogen-bond donors (Lipinski definition) is 3. The Labute approximate surface area is 632 Å². The van der Waals surface area contributed by atoms with Crippen LogP contribution in [0.4, 0.5) is 0 Å². The molecule has 103 heavy (non-hydrogen) atoms. The molecule has 0 radical (unpaired) electrons. The zero-order chi connectivity index (χ0) is 75.6. The Morgan fingerprint density at radius 1 is 0.272 bits per heavy atom. The van der Waals surface area contributed by atoms with Crippen LogP contribution in [0, 0.1) is 11.8 Å². The number of esters is 4.